The molecule has 7 heteroatoms. The molecule has 28 heavy (non-hydrogen) atoms. The zero-order valence-electron chi connectivity index (χ0n) is 15.3. The van der Waals surface area contributed by atoms with Crippen LogP contribution >= 0.6 is 0 Å². The van der Waals surface area contributed by atoms with E-state index in [9.17, 15) is 4.79 Å². The van der Waals surface area contributed by atoms with Crippen LogP contribution in [0.5, 0.6) is 0 Å². The van der Waals surface area contributed by atoms with E-state index in [0.29, 0.717) is 30.4 Å². The van der Waals surface area contributed by atoms with Gasteiger partial charge in [-0.25, -0.2) is 0 Å². The van der Waals surface area contributed by atoms with E-state index in [1.54, 1.807) is 18.4 Å². The standard InChI is InChI=1S/C21H20N4O3/c26-19(8-7-14-12-22-17-5-2-1-4-16(14)17)25-10-9-15(13-25)20-23-21(28-24-20)18-6-3-11-27-18/h1-6,11-12,15,22H,7-10,13H2. The molecule has 1 aromatic carbocycles. The van der Waals surface area contributed by atoms with E-state index in [-0.39, 0.29) is 11.8 Å². The number of aromatic nitrogens is 3. The van der Waals surface area contributed by atoms with Crippen molar-refractivity contribution in [2.75, 3.05) is 13.1 Å². The molecule has 0 aliphatic carbocycles. The molecule has 0 radical (unpaired) electrons. The normalized spacial score (nSPS) is 16.9. The molecule has 0 bridgehead atoms. The van der Waals surface area contributed by atoms with E-state index in [0.717, 1.165) is 24.9 Å². The molecule has 4 aromatic rings. The van der Waals surface area contributed by atoms with Crippen LogP contribution in [0, 0.1) is 0 Å². The molecule has 4 heterocycles. The Kier molecular flexibility index (Phi) is 4.20. The Balaban J connectivity index is 1.20. The lowest BCUT2D eigenvalue weighted by atomic mass is 10.1. The highest BCUT2D eigenvalue weighted by Crippen LogP contribution is 2.28. The zero-order chi connectivity index (χ0) is 18.9. The van der Waals surface area contributed by atoms with Crippen LogP contribution < -0.4 is 0 Å². The molecule has 5 rings (SSSR count). The summed E-state index contributed by atoms with van der Waals surface area (Å²) in [6.45, 7) is 1.35. The maximum absolute atomic E-state index is 12.7. The van der Waals surface area contributed by atoms with Gasteiger partial charge in [0.05, 0.1) is 6.26 Å². The van der Waals surface area contributed by atoms with Gasteiger partial charge in [0.1, 0.15) is 0 Å². The minimum Gasteiger partial charge on any atom is -0.459 e. The van der Waals surface area contributed by atoms with Crippen LogP contribution in [0.15, 0.2) is 57.8 Å². The van der Waals surface area contributed by atoms with Gasteiger partial charge in [-0.3, -0.25) is 4.79 Å². The van der Waals surface area contributed by atoms with Crippen LogP contribution in [0.2, 0.25) is 0 Å². The smallest absolute Gasteiger partial charge is 0.293 e. The summed E-state index contributed by atoms with van der Waals surface area (Å²) in [5.74, 6) is 1.85. The van der Waals surface area contributed by atoms with Crippen molar-refractivity contribution >= 4 is 16.8 Å². The topological polar surface area (TPSA) is 88.2 Å². The van der Waals surface area contributed by atoms with E-state index in [4.69, 9.17) is 8.94 Å². The number of hydrogen-bond donors (Lipinski definition) is 1. The second-order valence-electron chi connectivity index (χ2n) is 7.12. The number of likely N-dealkylation sites (tertiary alicyclic amines) is 1. The first-order valence-corrected chi connectivity index (χ1v) is 9.48. The molecule has 1 N–H and O–H groups in total. The number of hydrogen-bond acceptors (Lipinski definition) is 5. The summed E-state index contributed by atoms with van der Waals surface area (Å²) in [7, 11) is 0. The van der Waals surface area contributed by atoms with Gasteiger partial charge in [-0.15, -0.1) is 0 Å². The molecule has 7 nitrogen and oxygen atoms in total. The fourth-order valence-electron chi connectivity index (χ4n) is 3.84. The number of H-pyrrole nitrogens is 1. The summed E-state index contributed by atoms with van der Waals surface area (Å²) in [6, 6.07) is 11.7. The predicted molar refractivity (Wildman–Crippen MR) is 103 cm³/mol. The fourth-order valence-corrected chi connectivity index (χ4v) is 3.84. The third-order valence-corrected chi connectivity index (χ3v) is 5.36. The maximum atomic E-state index is 12.7. The van der Waals surface area contributed by atoms with Crippen LogP contribution in [-0.2, 0) is 11.2 Å². The van der Waals surface area contributed by atoms with Gasteiger partial charge in [-0.05, 0) is 36.6 Å². The number of aryl methyl sites for hydroxylation is 1. The van der Waals surface area contributed by atoms with E-state index < -0.39 is 0 Å². The highest BCUT2D eigenvalue weighted by atomic mass is 16.5. The van der Waals surface area contributed by atoms with Gasteiger partial charge >= 0.3 is 0 Å². The summed E-state index contributed by atoms with van der Waals surface area (Å²) in [4.78, 5) is 22.3. The second kappa shape index (κ2) is 6.99. The van der Waals surface area contributed by atoms with Crippen molar-refractivity contribution in [2.24, 2.45) is 0 Å². The largest absolute Gasteiger partial charge is 0.459 e. The average molecular weight is 376 g/mol. The van der Waals surface area contributed by atoms with Crippen molar-refractivity contribution in [1.82, 2.24) is 20.0 Å². The third kappa shape index (κ3) is 3.09. The molecule has 142 valence electrons. The van der Waals surface area contributed by atoms with Gasteiger partial charge < -0.3 is 18.8 Å². The van der Waals surface area contributed by atoms with Crippen molar-refractivity contribution in [3.63, 3.8) is 0 Å². The minimum atomic E-state index is 0.101. The van der Waals surface area contributed by atoms with E-state index in [2.05, 4.69) is 21.2 Å². The van der Waals surface area contributed by atoms with Gasteiger partial charge in [-0.1, -0.05) is 23.4 Å². The van der Waals surface area contributed by atoms with Gasteiger partial charge in [0.25, 0.3) is 5.89 Å². The molecule has 1 unspecified atom stereocenters. The van der Waals surface area contributed by atoms with Crippen LogP contribution in [0.1, 0.15) is 30.1 Å². The number of furan rings is 1. The van der Waals surface area contributed by atoms with Crippen molar-refractivity contribution in [2.45, 2.75) is 25.2 Å². The van der Waals surface area contributed by atoms with Crippen LogP contribution in [0.4, 0.5) is 0 Å². The lowest BCUT2D eigenvalue weighted by Gasteiger charge is -2.15. The lowest BCUT2D eigenvalue weighted by Crippen LogP contribution is -2.28. The molecule has 1 aliphatic rings. The number of aromatic amines is 1. The summed E-state index contributed by atoms with van der Waals surface area (Å²) in [5, 5.41) is 5.27. The third-order valence-electron chi connectivity index (χ3n) is 5.36. The number of rotatable bonds is 5. The number of para-hydroxylation sites is 1. The van der Waals surface area contributed by atoms with Crippen molar-refractivity contribution in [1.29, 1.82) is 0 Å². The number of amides is 1. The summed E-state index contributed by atoms with van der Waals surface area (Å²) < 4.78 is 10.6. The van der Waals surface area contributed by atoms with Crippen molar-refractivity contribution in [3.8, 4) is 11.7 Å². The Labute approximate surface area is 161 Å². The SMILES string of the molecule is O=C(CCc1c[nH]c2ccccc12)N1CCC(c2noc(-c3ccco3)n2)C1. The van der Waals surface area contributed by atoms with Crippen LogP contribution in [0.25, 0.3) is 22.6 Å². The molecule has 1 aliphatic heterocycles. The maximum Gasteiger partial charge on any atom is 0.293 e. The Hall–Kier alpha value is -3.35. The van der Waals surface area contributed by atoms with Crippen molar-refractivity contribution < 1.29 is 13.7 Å². The molecule has 1 amide bonds. The quantitative estimate of drug-likeness (QED) is 0.573. The molecular weight excluding hydrogens is 356 g/mol. The van der Waals surface area contributed by atoms with E-state index >= 15 is 0 Å². The van der Waals surface area contributed by atoms with Gasteiger partial charge in [0.2, 0.25) is 5.91 Å². The zero-order valence-corrected chi connectivity index (χ0v) is 15.3. The lowest BCUT2D eigenvalue weighted by molar-refractivity contribution is -0.130. The predicted octanol–water partition coefficient (Wildman–Crippen LogP) is 3.76. The number of benzene rings is 1. The Morgan fingerprint density at radius 1 is 1.25 bits per heavy atom. The fraction of sp³-hybridized carbons (Fsp3) is 0.286. The highest BCUT2D eigenvalue weighted by molar-refractivity contribution is 5.84. The number of nitrogens with zero attached hydrogens (tertiary/aromatic N) is 3. The van der Waals surface area contributed by atoms with E-state index in [1.807, 2.05) is 29.3 Å². The summed E-state index contributed by atoms with van der Waals surface area (Å²) in [5.41, 5.74) is 2.29. The average Bonchev–Trinajstić information content (AvgIpc) is 3.52. The Morgan fingerprint density at radius 2 is 2.18 bits per heavy atom. The Morgan fingerprint density at radius 3 is 3.07 bits per heavy atom. The molecular formula is C21H20N4O3. The van der Waals surface area contributed by atoms with Crippen molar-refractivity contribution in [3.05, 3.63) is 60.2 Å². The van der Waals surface area contributed by atoms with Gasteiger partial charge in [-0.2, -0.15) is 4.98 Å². The highest BCUT2D eigenvalue weighted by Gasteiger charge is 2.30. The summed E-state index contributed by atoms with van der Waals surface area (Å²) >= 11 is 0. The Bertz CT molecular complexity index is 1100. The monoisotopic (exact) mass is 376 g/mol. The number of carbonyl (C=O) groups excluding carboxylic acids is 1. The van der Waals surface area contributed by atoms with Crippen LogP contribution in [-0.4, -0.2) is 39.0 Å². The van der Waals surface area contributed by atoms with E-state index in [1.165, 1.54) is 10.9 Å². The van der Waals surface area contributed by atoms with Gasteiger partial charge in [0.15, 0.2) is 11.6 Å². The van der Waals surface area contributed by atoms with Gasteiger partial charge in [0, 0.05) is 42.5 Å². The first kappa shape index (κ1) is 16.8. The molecule has 1 saturated heterocycles. The summed E-state index contributed by atoms with van der Waals surface area (Å²) in [6.07, 6.45) is 5.65. The molecule has 3 aromatic heterocycles. The molecule has 0 spiro atoms. The van der Waals surface area contributed by atoms with Crippen LogP contribution in [0.3, 0.4) is 0 Å². The number of fused-ring (bicyclic) bond motifs is 1. The molecule has 1 atom stereocenters. The first-order chi connectivity index (χ1) is 13.8. The number of carbonyl (C=O) groups is 1. The minimum absolute atomic E-state index is 0.101. The second-order valence-corrected chi connectivity index (χ2v) is 7.12. The first-order valence-electron chi connectivity index (χ1n) is 9.48. The molecule has 1 fully saturated rings. The molecule has 0 saturated carbocycles. The number of nitrogens with one attached hydrogen (secondary N) is 1.